The standard InChI is InChI=1S/C13H19N/c1-11(12-5-3-2-4-6-12)13-7-9-14-10-8-13/h7-12H,2-6H2,1H3. The van der Waals surface area contributed by atoms with Crippen molar-refractivity contribution in [1.82, 2.24) is 4.98 Å². The van der Waals surface area contributed by atoms with Gasteiger partial charge in [0, 0.05) is 12.4 Å². The van der Waals surface area contributed by atoms with E-state index in [1.54, 1.807) is 0 Å². The van der Waals surface area contributed by atoms with Gasteiger partial charge in [-0.25, -0.2) is 0 Å². The Morgan fingerprint density at radius 2 is 1.79 bits per heavy atom. The fourth-order valence-corrected chi connectivity index (χ4v) is 2.57. The maximum atomic E-state index is 4.07. The Labute approximate surface area is 86.6 Å². The highest BCUT2D eigenvalue weighted by atomic mass is 14.6. The molecular weight excluding hydrogens is 170 g/mol. The molecule has 14 heavy (non-hydrogen) atoms. The van der Waals surface area contributed by atoms with Crippen molar-refractivity contribution in [2.75, 3.05) is 0 Å². The van der Waals surface area contributed by atoms with Crippen LogP contribution in [0.2, 0.25) is 0 Å². The second-order valence-corrected chi connectivity index (χ2v) is 4.47. The number of aromatic nitrogens is 1. The van der Waals surface area contributed by atoms with Gasteiger partial charge in [-0.3, -0.25) is 4.98 Å². The van der Waals surface area contributed by atoms with E-state index >= 15 is 0 Å². The van der Waals surface area contributed by atoms with E-state index in [0.29, 0.717) is 0 Å². The van der Waals surface area contributed by atoms with E-state index in [1.165, 1.54) is 37.7 Å². The van der Waals surface area contributed by atoms with Gasteiger partial charge in [-0.2, -0.15) is 0 Å². The largest absolute Gasteiger partial charge is 0.265 e. The minimum absolute atomic E-state index is 0.721. The van der Waals surface area contributed by atoms with E-state index in [2.05, 4.69) is 24.0 Å². The smallest absolute Gasteiger partial charge is 0.0270 e. The van der Waals surface area contributed by atoms with Crippen LogP contribution in [0.25, 0.3) is 0 Å². The molecule has 1 heteroatoms. The molecule has 1 fully saturated rings. The van der Waals surface area contributed by atoms with Gasteiger partial charge in [0.2, 0.25) is 0 Å². The number of nitrogens with zero attached hydrogens (tertiary/aromatic N) is 1. The van der Waals surface area contributed by atoms with Crippen molar-refractivity contribution < 1.29 is 0 Å². The maximum Gasteiger partial charge on any atom is 0.0270 e. The lowest BCUT2D eigenvalue weighted by Gasteiger charge is -2.27. The first-order chi connectivity index (χ1) is 6.88. The van der Waals surface area contributed by atoms with Gasteiger partial charge in [0.1, 0.15) is 0 Å². The molecule has 0 N–H and O–H groups in total. The molecule has 1 aliphatic rings. The van der Waals surface area contributed by atoms with Crippen LogP contribution in [0.5, 0.6) is 0 Å². The van der Waals surface area contributed by atoms with Crippen LogP contribution in [0.3, 0.4) is 0 Å². The summed E-state index contributed by atoms with van der Waals surface area (Å²) in [6.45, 7) is 2.37. The summed E-state index contributed by atoms with van der Waals surface area (Å²) in [6.07, 6.45) is 11.0. The first-order valence-electron chi connectivity index (χ1n) is 5.78. The van der Waals surface area contributed by atoms with Crippen LogP contribution in [0.15, 0.2) is 24.5 Å². The van der Waals surface area contributed by atoms with Crippen LogP contribution in [0, 0.1) is 5.92 Å². The third-order valence-corrected chi connectivity index (χ3v) is 3.59. The minimum Gasteiger partial charge on any atom is -0.265 e. The molecule has 0 aliphatic heterocycles. The van der Waals surface area contributed by atoms with Gasteiger partial charge in [-0.15, -0.1) is 0 Å². The normalized spacial score (nSPS) is 20.6. The van der Waals surface area contributed by atoms with Crippen LogP contribution in [-0.2, 0) is 0 Å². The predicted octanol–water partition coefficient (Wildman–Crippen LogP) is 3.77. The Bertz CT molecular complexity index is 262. The molecule has 0 bridgehead atoms. The number of hydrogen-bond acceptors (Lipinski definition) is 1. The van der Waals surface area contributed by atoms with Crippen LogP contribution in [-0.4, -0.2) is 4.98 Å². The van der Waals surface area contributed by atoms with Gasteiger partial charge < -0.3 is 0 Å². The summed E-state index contributed by atoms with van der Waals surface area (Å²) in [6, 6.07) is 4.33. The highest BCUT2D eigenvalue weighted by molar-refractivity contribution is 5.15. The number of pyridine rings is 1. The summed E-state index contributed by atoms with van der Waals surface area (Å²) in [7, 11) is 0. The molecule has 1 unspecified atom stereocenters. The summed E-state index contributed by atoms with van der Waals surface area (Å²) in [5.74, 6) is 1.63. The van der Waals surface area contributed by atoms with Crippen LogP contribution >= 0.6 is 0 Å². The lowest BCUT2D eigenvalue weighted by atomic mass is 9.78. The van der Waals surface area contributed by atoms with Gasteiger partial charge in [0.05, 0.1) is 0 Å². The molecule has 76 valence electrons. The van der Waals surface area contributed by atoms with Crippen LogP contribution < -0.4 is 0 Å². The van der Waals surface area contributed by atoms with Crippen molar-refractivity contribution in [2.45, 2.75) is 44.9 Å². The molecule has 0 saturated heterocycles. The third kappa shape index (κ3) is 2.14. The average molecular weight is 189 g/mol. The summed E-state index contributed by atoms with van der Waals surface area (Å²) >= 11 is 0. The Kier molecular flexibility index (Phi) is 3.18. The number of hydrogen-bond donors (Lipinski definition) is 0. The fraction of sp³-hybridized carbons (Fsp3) is 0.615. The van der Waals surface area contributed by atoms with Crippen molar-refractivity contribution in [2.24, 2.45) is 5.92 Å². The second-order valence-electron chi connectivity index (χ2n) is 4.47. The maximum absolute atomic E-state index is 4.07. The van der Waals surface area contributed by atoms with Gasteiger partial charge in [-0.1, -0.05) is 26.2 Å². The van der Waals surface area contributed by atoms with E-state index in [9.17, 15) is 0 Å². The Morgan fingerprint density at radius 3 is 2.43 bits per heavy atom. The molecule has 0 radical (unpaired) electrons. The van der Waals surface area contributed by atoms with E-state index in [1.807, 2.05) is 12.4 Å². The molecule has 1 aromatic heterocycles. The predicted molar refractivity (Wildman–Crippen MR) is 59.2 cm³/mol. The molecule has 1 aromatic rings. The summed E-state index contributed by atoms with van der Waals surface area (Å²) in [5, 5.41) is 0. The lowest BCUT2D eigenvalue weighted by Crippen LogP contribution is -2.13. The fourth-order valence-electron chi connectivity index (χ4n) is 2.57. The van der Waals surface area contributed by atoms with Gasteiger partial charge in [0.15, 0.2) is 0 Å². The first-order valence-corrected chi connectivity index (χ1v) is 5.78. The van der Waals surface area contributed by atoms with E-state index in [4.69, 9.17) is 0 Å². The second kappa shape index (κ2) is 4.59. The molecule has 0 aromatic carbocycles. The molecule has 0 spiro atoms. The Morgan fingerprint density at radius 1 is 1.14 bits per heavy atom. The topological polar surface area (TPSA) is 12.9 Å². The van der Waals surface area contributed by atoms with Gasteiger partial charge >= 0.3 is 0 Å². The lowest BCUT2D eigenvalue weighted by molar-refractivity contribution is 0.316. The molecule has 1 aliphatic carbocycles. The van der Waals surface area contributed by atoms with Gasteiger partial charge in [0.25, 0.3) is 0 Å². The van der Waals surface area contributed by atoms with E-state index in [0.717, 1.165) is 11.8 Å². The summed E-state index contributed by atoms with van der Waals surface area (Å²) in [5.41, 5.74) is 1.46. The first kappa shape index (κ1) is 9.70. The third-order valence-electron chi connectivity index (χ3n) is 3.59. The van der Waals surface area contributed by atoms with Gasteiger partial charge in [-0.05, 0) is 42.4 Å². The van der Waals surface area contributed by atoms with Crippen molar-refractivity contribution in [3.05, 3.63) is 30.1 Å². The summed E-state index contributed by atoms with van der Waals surface area (Å²) in [4.78, 5) is 4.07. The monoisotopic (exact) mass is 189 g/mol. The van der Waals surface area contributed by atoms with Crippen molar-refractivity contribution in [1.29, 1.82) is 0 Å². The zero-order valence-corrected chi connectivity index (χ0v) is 8.95. The van der Waals surface area contributed by atoms with Crippen molar-refractivity contribution in [3.8, 4) is 0 Å². The quantitative estimate of drug-likeness (QED) is 0.690. The molecule has 1 atom stereocenters. The highest BCUT2D eigenvalue weighted by Crippen LogP contribution is 2.35. The van der Waals surface area contributed by atoms with Crippen molar-refractivity contribution in [3.63, 3.8) is 0 Å². The minimum atomic E-state index is 0.721. The molecule has 1 saturated carbocycles. The zero-order valence-electron chi connectivity index (χ0n) is 8.95. The Hall–Kier alpha value is -0.850. The van der Waals surface area contributed by atoms with E-state index in [-0.39, 0.29) is 0 Å². The molecular formula is C13H19N. The average Bonchev–Trinajstić information content (AvgIpc) is 2.30. The van der Waals surface area contributed by atoms with Crippen LogP contribution in [0.4, 0.5) is 0 Å². The number of rotatable bonds is 2. The highest BCUT2D eigenvalue weighted by Gasteiger charge is 2.20. The Balaban J connectivity index is 2.03. The zero-order chi connectivity index (χ0) is 9.80. The molecule has 1 nitrogen and oxygen atoms in total. The van der Waals surface area contributed by atoms with Crippen LogP contribution in [0.1, 0.15) is 50.5 Å². The van der Waals surface area contributed by atoms with E-state index < -0.39 is 0 Å². The van der Waals surface area contributed by atoms with Crippen molar-refractivity contribution >= 4 is 0 Å². The summed E-state index contributed by atoms with van der Waals surface area (Å²) < 4.78 is 0. The SMILES string of the molecule is CC(c1ccncc1)C1CCCCC1. The molecule has 0 amide bonds. The molecule has 1 heterocycles. The molecule has 2 rings (SSSR count).